The number of nitrogens with one attached hydrogen (secondary N) is 2. The standard InChI is InChI=1S/C20H23N5O2/c1-13-21-9-8-16(23-13)14-6-5-7-15(10-14)22-12-18(26)24-19-11-17(25-27-19)20(2,3)4/h5-11,22H,12H2,1-4H3,(H,24,26). The molecule has 0 aliphatic rings. The molecule has 0 saturated heterocycles. The van der Waals surface area contributed by atoms with E-state index in [0.717, 1.165) is 22.6 Å². The Kier molecular flexibility index (Phi) is 5.21. The van der Waals surface area contributed by atoms with Crippen LogP contribution < -0.4 is 10.6 Å². The fourth-order valence-electron chi connectivity index (χ4n) is 2.46. The lowest BCUT2D eigenvalue weighted by Crippen LogP contribution is -2.21. The summed E-state index contributed by atoms with van der Waals surface area (Å²) in [6.45, 7) is 8.06. The summed E-state index contributed by atoms with van der Waals surface area (Å²) in [6.07, 6.45) is 1.73. The normalized spacial score (nSPS) is 11.3. The minimum atomic E-state index is -0.213. The first kappa shape index (κ1) is 18.6. The number of aryl methyl sites for hydroxylation is 1. The van der Waals surface area contributed by atoms with Crippen molar-refractivity contribution < 1.29 is 9.32 Å². The molecule has 1 aromatic carbocycles. The number of aromatic nitrogens is 3. The molecule has 0 unspecified atom stereocenters. The number of benzene rings is 1. The molecule has 0 bridgehead atoms. The molecule has 7 heteroatoms. The summed E-state index contributed by atoms with van der Waals surface area (Å²) in [6, 6.07) is 11.3. The van der Waals surface area contributed by atoms with Crippen molar-refractivity contribution in [3.8, 4) is 11.3 Å². The van der Waals surface area contributed by atoms with Crippen LogP contribution in [0.15, 0.2) is 47.1 Å². The van der Waals surface area contributed by atoms with Crippen LogP contribution in [0.2, 0.25) is 0 Å². The van der Waals surface area contributed by atoms with E-state index in [4.69, 9.17) is 4.52 Å². The Labute approximate surface area is 158 Å². The van der Waals surface area contributed by atoms with E-state index in [1.54, 1.807) is 12.3 Å². The molecule has 0 spiro atoms. The van der Waals surface area contributed by atoms with Crippen molar-refractivity contribution >= 4 is 17.5 Å². The Balaban J connectivity index is 1.61. The average Bonchev–Trinajstić information content (AvgIpc) is 3.09. The Morgan fingerprint density at radius 1 is 1.19 bits per heavy atom. The Morgan fingerprint density at radius 2 is 2.00 bits per heavy atom. The highest BCUT2D eigenvalue weighted by molar-refractivity contribution is 5.92. The number of anilines is 2. The summed E-state index contributed by atoms with van der Waals surface area (Å²) in [5, 5.41) is 9.81. The molecule has 0 atom stereocenters. The molecule has 0 saturated carbocycles. The van der Waals surface area contributed by atoms with Crippen LogP contribution in [0.1, 0.15) is 32.3 Å². The first-order valence-electron chi connectivity index (χ1n) is 8.72. The van der Waals surface area contributed by atoms with Gasteiger partial charge < -0.3 is 9.84 Å². The zero-order chi connectivity index (χ0) is 19.4. The lowest BCUT2D eigenvalue weighted by Gasteiger charge is -2.12. The fourth-order valence-corrected chi connectivity index (χ4v) is 2.46. The molecular weight excluding hydrogens is 342 g/mol. The van der Waals surface area contributed by atoms with Crippen LogP contribution in [0.3, 0.4) is 0 Å². The highest BCUT2D eigenvalue weighted by Gasteiger charge is 2.19. The minimum Gasteiger partial charge on any atom is -0.376 e. The molecule has 3 aromatic rings. The third kappa shape index (κ3) is 4.91. The van der Waals surface area contributed by atoms with Gasteiger partial charge in [-0.1, -0.05) is 38.1 Å². The molecular formula is C20H23N5O2. The Hall–Kier alpha value is -3.22. The summed E-state index contributed by atoms with van der Waals surface area (Å²) >= 11 is 0. The predicted octanol–water partition coefficient (Wildman–Crippen LogP) is 3.79. The van der Waals surface area contributed by atoms with Gasteiger partial charge in [-0.25, -0.2) is 9.97 Å². The quantitative estimate of drug-likeness (QED) is 0.715. The highest BCUT2D eigenvalue weighted by atomic mass is 16.5. The van der Waals surface area contributed by atoms with Gasteiger partial charge in [-0.05, 0) is 25.1 Å². The van der Waals surface area contributed by atoms with E-state index in [9.17, 15) is 4.79 Å². The van der Waals surface area contributed by atoms with Crippen LogP contribution in [0, 0.1) is 6.92 Å². The second-order valence-electron chi connectivity index (χ2n) is 7.30. The van der Waals surface area contributed by atoms with Gasteiger partial charge in [0.2, 0.25) is 11.8 Å². The highest BCUT2D eigenvalue weighted by Crippen LogP contribution is 2.24. The number of rotatable bonds is 5. The summed E-state index contributed by atoms with van der Waals surface area (Å²) in [5.74, 6) is 0.846. The van der Waals surface area contributed by atoms with Crippen molar-refractivity contribution in [3.63, 3.8) is 0 Å². The fraction of sp³-hybridized carbons (Fsp3) is 0.300. The summed E-state index contributed by atoms with van der Waals surface area (Å²) < 4.78 is 5.18. The smallest absolute Gasteiger partial charge is 0.246 e. The van der Waals surface area contributed by atoms with Crippen LogP contribution >= 0.6 is 0 Å². The average molecular weight is 365 g/mol. The molecule has 7 nitrogen and oxygen atoms in total. The van der Waals surface area contributed by atoms with Crippen molar-refractivity contribution in [2.45, 2.75) is 33.1 Å². The minimum absolute atomic E-state index is 0.109. The third-order valence-electron chi connectivity index (χ3n) is 3.93. The molecule has 0 aliphatic carbocycles. The van der Waals surface area contributed by atoms with Gasteiger partial charge in [-0.3, -0.25) is 10.1 Å². The van der Waals surface area contributed by atoms with Crippen LogP contribution in [0.4, 0.5) is 11.6 Å². The molecule has 140 valence electrons. The van der Waals surface area contributed by atoms with E-state index in [0.29, 0.717) is 11.7 Å². The van der Waals surface area contributed by atoms with Crippen molar-refractivity contribution in [1.82, 2.24) is 15.1 Å². The number of carbonyl (C=O) groups excluding carboxylic acids is 1. The SMILES string of the molecule is Cc1nccc(-c2cccc(NCC(=O)Nc3cc(C(C)(C)C)no3)c2)n1. The predicted molar refractivity (Wildman–Crippen MR) is 105 cm³/mol. The van der Waals surface area contributed by atoms with E-state index in [2.05, 4.69) is 25.8 Å². The van der Waals surface area contributed by atoms with Crippen molar-refractivity contribution in [2.24, 2.45) is 0 Å². The monoisotopic (exact) mass is 365 g/mol. The molecule has 0 fully saturated rings. The topological polar surface area (TPSA) is 92.9 Å². The number of nitrogens with zero attached hydrogens (tertiary/aromatic N) is 3. The lowest BCUT2D eigenvalue weighted by molar-refractivity contribution is -0.114. The van der Waals surface area contributed by atoms with Crippen molar-refractivity contribution in [2.75, 3.05) is 17.2 Å². The van der Waals surface area contributed by atoms with Crippen LogP contribution in [0.5, 0.6) is 0 Å². The van der Waals surface area contributed by atoms with E-state index < -0.39 is 0 Å². The maximum Gasteiger partial charge on any atom is 0.246 e. The number of hydrogen-bond acceptors (Lipinski definition) is 6. The molecule has 0 aliphatic heterocycles. The maximum atomic E-state index is 12.2. The summed E-state index contributed by atoms with van der Waals surface area (Å²) in [7, 11) is 0. The van der Waals surface area contributed by atoms with Gasteiger partial charge in [0.15, 0.2) is 0 Å². The van der Waals surface area contributed by atoms with E-state index in [-0.39, 0.29) is 17.9 Å². The largest absolute Gasteiger partial charge is 0.376 e. The van der Waals surface area contributed by atoms with Crippen LogP contribution in [-0.2, 0) is 10.2 Å². The van der Waals surface area contributed by atoms with Crippen molar-refractivity contribution in [3.05, 3.63) is 54.1 Å². The first-order valence-corrected chi connectivity index (χ1v) is 8.72. The van der Waals surface area contributed by atoms with Gasteiger partial charge >= 0.3 is 0 Å². The maximum absolute atomic E-state index is 12.2. The zero-order valence-corrected chi connectivity index (χ0v) is 15.9. The van der Waals surface area contributed by atoms with Gasteiger partial charge in [0.25, 0.3) is 0 Å². The van der Waals surface area contributed by atoms with Gasteiger partial charge in [-0.2, -0.15) is 0 Å². The number of hydrogen-bond donors (Lipinski definition) is 2. The summed E-state index contributed by atoms with van der Waals surface area (Å²) in [4.78, 5) is 20.7. The second kappa shape index (κ2) is 7.57. The van der Waals surface area contributed by atoms with E-state index >= 15 is 0 Å². The van der Waals surface area contributed by atoms with E-state index in [1.165, 1.54) is 0 Å². The number of amides is 1. The van der Waals surface area contributed by atoms with Gasteiger partial charge in [-0.15, -0.1) is 0 Å². The molecule has 2 heterocycles. The van der Waals surface area contributed by atoms with Crippen molar-refractivity contribution in [1.29, 1.82) is 0 Å². The Bertz CT molecular complexity index is 943. The van der Waals surface area contributed by atoms with Gasteiger partial charge in [0.1, 0.15) is 5.82 Å². The zero-order valence-electron chi connectivity index (χ0n) is 15.9. The van der Waals surface area contributed by atoms with E-state index in [1.807, 2.05) is 58.0 Å². The van der Waals surface area contributed by atoms with Gasteiger partial charge in [0.05, 0.1) is 17.9 Å². The molecule has 2 aromatic heterocycles. The Morgan fingerprint density at radius 3 is 2.70 bits per heavy atom. The molecule has 3 rings (SSSR count). The molecule has 0 radical (unpaired) electrons. The molecule has 1 amide bonds. The van der Waals surface area contributed by atoms with Gasteiger partial charge in [0, 0.05) is 28.9 Å². The molecule has 27 heavy (non-hydrogen) atoms. The third-order valence-corrected chi connectivity index (χ3v) is 3.93. The molecule has 2 N–H and O–H groups in total. The van der Waals surface area contributed by atoms with Crippen LogP contribution in [0.25, 0.3) is 11.3 Å². The number of carbonyl (C=O) groups is 1. The second-order valence-corrected chi connectivity index (χ2v) is 7.30. The van der Waals surface area contributed by atoms with Crippen LogP contribution in [-0.4, -0.2) is 27.6 Å². The lowest BCUT2D eigenvalue weighted by atomic mass is 9.92. The summed E-state index contributed by atoms with van der Waals surface area (Å²) in [5.41, 5.74) is 3.28. The first-order chi connectivity index (χ1) is 12.8.